The van der Waals surface area contributed by atoms with E-state index in [1.54, 1.807) is 24.4 Å². The lowest BCUT2D eigenvalue weighted by atomic mass is 10.1. The number of rotatable bonds is 4. The molecule has 1 heterocycles. The highest BCUT2D eigenvalue weighted by Gasteiger charge is 2.11. The minimum Gasteiger partial charge on any atom is -0.443 e. The van der Waals surface area contributed by atoms with Crippen molar-refractivity contribution in [3.05, 3.63) is 70.4 Å². The van der Waals surface area contributed by atoms with Crippen molar-refractivity contribution in [1.82, 2.24) is 4.98 Å². The fourth-order valence-corrected chi connectivity index (χ4v) is 2.66. The number of carbonyl (C=O) groups excluding carboxylic acids is 1. The number of aromatic nitrogens is 1. The number of oxazole rings is 1. The summed E-state index contributed by atoms with van der Waals surface area (Å²) in [7, 11) is 0. The van der Waals surface area contributed by atoms with Gasteiger partial charge in [-0.05, 0) is 42.0 Å². The number of halogens is 3. The van der Waals surface area contributed by atoms with Crippen LogP contribution in [0, 0.1) is 5.82 Å². The van der Waals surface area contributed by atoms with Crippen LogP contribution in [0.3, 0.4) is 0 Å². The van der Waals surface area contributed by atoms with E-state index >= 15 is 0 Å². The van der Waals surface area contributed by atoms with Gasteiger partial charge in [-0.15, -0.1) is 0 Å². The molecule has 0 radical (unpaired) electrons. The molecule has 3 rings (SSSR count). The predicted octanol–water partition coefficient (Wildman–Crippen LogP) is 4.97. The van der Waals surface area contributed by atoms with Crippen molar-refractivity contribution in [2.75, 3.05) is 5.32 Å². The smallest absolute Gasteiger partial charge is 0.228 e. The van der Waals surface area contributed by atoms with Gasteiger partial charge in [0.05, 0.1) is 17.6 Å². The summed E-state index contributed by atoms with van der Waals surface area (Å²) in [5.74, 6) is -0.239. The van der Waals surface area contributed by atoms with Crippen molar-refractivity contribution in [2.45, 2.75) is 6.42 Å². The zero-order valence-corrected chi connectivity index (χ0v) is 13.7. The summed E-state index contributed by atoms with van der Waals surface area (Å²) in [4.78, 5) is 15.9. The first-order chi connectivity index (χ1) is 11.5. The third-order valence-electron chi connectivity index (χ3n) is 3.31. The van der Waals surface area contributed by atoms with Gasteiger partial charge in [0.15, 0.2) is 12.2 Å². The molecule has 3 aromatic rings. The fourth-order valence-electron chi connectivity index (χ4n) is 2.20. The Kier molecular flexibility index (Phi) is 4.83. The van der Waals surface area contributed by atoms with E-state index < -0.39 is 5.82 Å². The van der Waals surface area contributed by atoms with E-state index in [0.717, 1.165) is 0 Å². The first-order valence-corrected chi connectivity index (χ1v) is 7.71. The van der Waals surface area contributed by atoms with Gasteiger partial charge < -0.3 is 9.73 Å². The van der Waals surface area contributed by atoms with Gasteiger partial charge in [-0.2, -0.15) is 0 Å². The van der Waals surface area contributed by atoms with Crippen LogP contribution in [0.25, 0.3) is 11.3 Å². The first kappa shape index (κ1) is 16.5. The van der Waals surface area contributed by atoms with Gasteiger partial charge >= 0.3 is 0 Å². The Balaban J connectivity index is 1.73. The molecule has 0 spiro atoms. The molecule has 1 N–H and O–H groups in total. The molecule has 7 heteroatoms. The van der Waals surface area contributed by atoms with E-state index in [0.29, 0.717) is 32.6 Å². The SMILES string of the molecule is O=C(Cc1cc(F)ccc1Cl)Nc1ccc(-c2cnco2)c(Cl)c1. The molecule has 1 aromatic heterocycles. The summed E-state index contributed by atoms with van der Waals surface area (Å²) in [5.41, 5.74) is 1.60. The molecular weight excluding hydrogens is 354 g/mol. The summed E-state index contributed by atoms with van der Waals surface area (Å²) < 4.78 is 18.4. The molecule has 0 aliphatic heterocycles. The maximum atomic E-state index is 13.2. The second-order valence-electron chi connectivity index (χ2n) is 5.02. The number of amides is 1. The lowest BCUT2D eigenvalue weighted by Crippen LogP contribution is -2.14. The molecule has 0 saturated heterocycles. The van der Waals surface area contributed by atoms with Crippen LogP contribution in [0.1, 0.15) is 5.56 Å². The standard InChI is InChI=1S/C17H11Cl2FN2O2/c18-14-4-1-11(20)5-10(14)6-17(23)22-12-2-3-13(15(19)7-12)16-8-21-9-24-16/h1-5,7-9H,6H2,(H,22,23). The maximum Gasteiger partial charge on any atom is 0.228 e. The van der Waals surface area contributed by atoms with Crippen LogP contribution < -0.4 is 5.32 Å². The molecular formula is C17H11Cl2FN2O2. The number of benzene rings is 2. The Bertz CT molecular complexity index is 882. The number of nitrogens with one attached hydrogen (secondary N) is 1. The van der Waals surface area contributed by atoms with Gasteiger partial charge in [0.1, 0.15) is 5.82 Å². The summed E-state index contributed by atoms with van der Waals surface area (Å²) in [5, 5.41) is 3.45. The van der Waals surface area contributed by atoms with Crippen LogP contribution >= 0.6 is 23.2 Å². The first-order valence-electron chi connectivity index (χ1n) is 6.95. The molecule has 0 fully saturated rings. The number of nitrogens with zero attached hydrogens (tertiary/aromatic N) is 1. The zero-order valence-electron chi connectivity index (χ0n) is 12.2. The Morgan fingerprint density at radius 2 is 2.00 bits per heavy atom. The number of carbonyl (C=O) groups is 1. The molecule has 0 bridgehead atoms. The normalized spacial score (nSPS) is 10.6. The van der Waals surface area contributed by atoms with Crippen molar-refractivity contribution in [3.63, 3.8) is 0 Å². The summed E-state index contributed by atoms with van der Waals surface area (Å²) in [6, 6.07) is 8.91. The number of hydrogen-bond donors (Lipinski definition) is 1. The van der Waals surface area contributed by atoms with Crippen molar-refractivity contribution in [1.29, 1.82) is 0 Å². The lowest BCUT2D eigenvalue weighted by Gasteiger charge is -2.08. The molecule has 0 aliphatic carbocycles. The highest BCUT2D eigenvalue weighted by molar-refractivity contribution is 6.33. The quantitative estimate of drug-likeness (QED) is 0.710. The average molecular weight is 365 g/mol. The zero-order chi connectivity index (χ0) is 17.1. The van der Waals surface area contributed by atoms with Crippen LogP contribution in [0.4, 0.5) is 10.1 Å². The minimum absolute atomic E-state index is 0.0436. The lowest BCUT2D eigenvalue weighted by molar-refractivity contribution is -0.115. The van der Waals surface area contributed by atoms with Gasteiger partial charge in [-0.3, -0.25) is 4.79 Å². The molecule has 1 amide bonds. The molecule has 24 heavy (non-hydrogen) atoms. The summed E-state index contributed by atoms with van der Waals surface area (Å²) >= 11 is 12.2. The van der Waals surface area contributed by atoms with E-state index in [4.69, 9.17) is 27.6 Å². The van der Waals surface area contributed by atoms with E-state index in [9.17, 15) is 9.18 Å². The Hall–Kier alpha value is -2.37. The van der Waals surface area contributed by atoms with Crippen molar-refractivity contribution >= 4 is 34.8 Å². The molecule has 0 unspecified atom stereocenters. The summed E-state index contributed by atoms with van der Waals surface area (Å²) in [6.07, 6.45) is 2.81. The molecule has 122 valence electrons. The minimum atomic E-state index is -0.443. The maximum absolute atomic E-state index is 13.2. The van der Waals surface area contributed by atoms with Gasteiger partial charge in [-0.1, -0.05) is 23.2 Å². The van der Waals surface area contributed by atoms with Crippen LogP contribution in [-0.4, -0.2) is 10.9 Å². The van der Waals surface area contributed by atoms with Gasteiger partial charge in [0.25, 0.3) is 0 Å². The van der Waals surface area contributed by atoms with E-state index in [1.807, 2.05) is 0 Å². The van der Waals surface area contributed by atoms with E-state index in [1.165, 1.54) is 24.6 Å². The van der Waals surface area contributed by atoms with Gasteiger partial charge in [-0.25, -0.2) is 9.37 Å². The Labute approximate surface area is 147 Å². The fraction of sp³-hybridized carbons (Fsp3) is 0.0588. The van der Waals surface area contributed by atoms with Crippen molar-refractivity contribution < 1.29 is 13.6 Å². The molecule has 2 aromatic carbocycles. The predicted molar refractivity (Wildman–Crippen MR) is 90.7 cm³/mol. The average Bonchev–Trinajstić information content (AvgIpc) is 3.05. The van der Waals surface area contributed by atoms with E-state index in [2.05, 4.69) is 10.3 Å². The highest BCUT2D eigenvalue weighted by Crippen LogP contribution is 2.30. The van der Waals surface area contributed by atoms with Crippen molar-refractivity contribution in [2.24, 2.45) is 0 Å². The molecule has 4 nitrogen and oxygen atoms in total. The second kappa shape index (κ2) is 7.03. The van der Waals surface area contributed by atoms with E-state index in [-0.39, 0.29) is 12.3 Å². The third-order valence-corrected chi connectivity index (χ3v) is 3.99. The molecule has 0 saturated carbocycles. The van der Waals surface area contributed by atoms with Gasteiger partial charge in [0, 0.05) is 16.3 Å². The third kappa shape index (κ3) is 3.75. The van der Waals surface area contributed by atoms with Crippen LogP contribution in [-0.2, 0) is 11.2 Å². The van der Waals surface area contributed by atoms with Crippen molar-refractivity contribution in [3.8, 4) is 11.3 Å². The summed E-state index contributed by atoms with van der Waals surface area (Å²) in [6.45, 7) is 0. The second-order valence-corrected chi connectivity index (χ2v) is 5.84. The van der Waals surface area contributed by atoms with Gasteiger partial charge in [0.2, 0.25) is 5.91 Å². The number of anilines is 1. The largest absolute Gasteiger partial charge is 0.443 e. The molecule has 0 atom stereocenters. The Morgan fingerprint density at radius 1 is 1.17 bits per heavy atom. The highest BCUT2D eigenvalue weighted by atomic mass is 35.5. The monoisotopic (exact) mass is 364 g/mol. The van der Waals surface area contributed by atoms with Crippen LogP contribution in [0.5, 0.6) is 0 Å². The number of hydrogen-bond acceptors (Lipinski definition) is 3. The topological polar surface area (TPSA) is 55.1 Å². The van der Waals surface area contributed by atoms with Crippen LogP contribution in [0.15, 0.2) is 53.4 Å². The molecule has 0 aliphatic rings. The Morgan fingerprint density at radius 3 is 2.71 bits per heavy atom. The van der Waals surface area contributed by atoms with Crippen LogP contribution in [0.2, 0.25) is 10.0 Å².